The Morgan fingerprint density at radius 3 is 2.62 bits per heavy atom. The van der Waals surface area contributed by atoms with E-state index in [4.69, 9.17) is 4.74 Å². The van der Waals surface area contributed by atoms with Crippen LogP contribution in [0.3, 0.4) is 0 Å². The number of carbonyl (C=O) groups is 2. The first kappa shape index (κ1) is 18.0. The van der Waals surface area contributed by atoms with Crippen LogP contribution in [0.25, 0.3) is 0 Å². The predicted molar refractivity (Wildman–Crippen MR) is 94.4 cm³/mol. The first-order chi connectivity index (χ1) is 11.5. The summed E-state index contributed by atoms with van der Waals surface area (Å²) in [5.74, 6) is 0.193. The van der Waals surface area contributed by atoms with Crippen molar-refractivity contribution in [3.05, 3.63) is 59.4 Å². The van der Waals surface area contributed by atoms with Gasteiger partial charge in [-0.2, -0.15) is 0 Å². The van der Waals surface area contributed by atoms with E-state index in [0.29, 0.717) is 22.6 Å². The van der Waals surface area contributed by atoms with E-state index in [-0.39, 0.29) is 29.0 Å². The lowest BCUT2D eigenvalue weighted by Gasteiger charge is -2.09. The third-order valence-electron chi connectivity index (χ3n) is 3.33. The third kappa shape index (κ3) is 4.83. The van der Waals surface area contributed by atoms with Crippen LogP contribution in [0.15, 0.2) is 42.5 Å². The molecular weight excluding hydrogens is 329 g/mol. The SMILES string of the molecule is COc1ccccc1NC(=O)CSCC(=O)c1ccc(F)c(C)c1. The number of para-hydroxylation sites is 2. The molecule has 0 aromatic heterocycles. The lowest BCUT2D eigenvalue weighted by Crippen LogP contribution is -2.16. The number of rotatable bonds is 7. The average Bonchev–Trinajstić information content (AvgIpc) is 2.57. The van der Waals surface area contributed by atoms with Gasteiger partial charge in [0.15, 0.2) is 5.78 Å². The van der Waals surface area contributed by atoms with Crippen LogP contribution in [0.1, 0.15) is 15.9 Å². The van der Waals surface area contributed by atoms with Gasteiger partial charge in [0, 0.05) is 5.56 Å². The van der Waals surface area contributed by atoms with Gasteiger partial charge in [-0.15, -0.1) is 11.8 Å². The van der Waals surface area contributed by atoms with Crippen LogP contribution in [-0.4, -0.2) is 30.3 Å². The molecule has 24 heavy (non-hydrogen) atoms. The molecule has 0 aliphatic carbocycles. The number of halogens is 1. The summed E-state index contributed by atoms with van der Waals surface area (Å²) >= 11 is 1.21. The Labute approximate surface area is 144 Å². The van der Waals surface area contributed by atoms with Gasteiger partial charge in [0.1, 0.15) is 11.6 Å². The fourth-order valence-electron chi connectivity index (χ4n) is 2.07. The third-order valence-corrected chi connectivity index (χ3v) is 4.26. The summed E-state index contributed by atoms with van der Waals surface area (Å²) < 4.78 is 18.4. The van der Waals surface area contributed by atoms with Crippen LogP contribution < -0.4 is 10.1 Å². The van der Waals surface area contributed by atoms with Crippen molar-refractivity contribution in [2.45, 2.75) is 6.92 Å². The van der Waals surface area contributed by atoms with Gasteiger partial charge in [-0.05, 0) is 42.8 Å². The summed E-state index contributed by atoms with van der Waals surface area (Å²) in [6.07, 6.45) is 0. The molecule has 0 atom stereocenters. The van der Waals surface area contributed by atoms with E-state index in [9.17, 15) is 14.0 Å². The van der Waals surface area contributed by atoms with Crippen molar-refractivity contribution in [2.24, 2.45) is 0 Å². The van der Waals surface area contributed by atoms with Crippen molar-refractivity contribution in [3.63, 3.8) is 0 Å². The number of thioether (sulfide) groups is 1. The second kappa shape index (κ2) is 8.49. The molecular formula is C18H18FNO3S. The molecule has 4 nitrogen and oxygen atoms in total. The van der Waals surface area contributed by atoms with E-state index >= 15 is 0 Å². The van der Waals surface area contributed by atoms with Crippen molar-refractivity contribution in [3.8, 4) is 5.75 Å². The molecule has 0 bridgehead atoms. The largest absolute Gasteiger partial charge is 0.495 e. The second-order valence-electron chi connectivity index (χ2n) is 5.13. The molecule has 0 aliphatic rings. The van der Waals surface area contributed by atoms with Gasteiger partial charge in [-0.3, -0.25) is 9.59 Å². The second-order valence-corrected chi connectivity index (χ2v) is 6.11. The van der Waals surface area contributed by atoms with Crippen LogP contribution in [0.2, 0.25) is 0 Å². The van der Waals surface area contributed by atoms with E-state index in [1.165, 1.54) is 37.1 Å². The highest BCUT2D eigenvalue weighted by molar-refractivity contribution is 8.00. The molecule has 0 saturated carbocycles. The number of hydrogen-bond donors (Lipinski definition) is 1. The summed E-state index contributed by atoms with van der Waals surface area (Å²) in [6.45, 7) is 1.61. The van der Waals surface area contributed by atoms with Gasteiger partial charge >= 0.3 is 0 Å². The van der Waals surface area contributed by atoms with Crippen LogP contribution in [0.4, 0.5) is 10.1 Å². The zero-order chi connectivity index (χ0) is 17.5. The molecule has 2 rings (SSSR count). The van der Waals surface area contributed by atoms with Gasteiger partial charge in [0.05, 0.1) is 24.3 Å². The van der Waals surface area contributed by atoms with Crippen LogP contribution in [0.5, 0.6) is 5.75 Å². The normalized spacial score (nSPS) is 10.3. The van der Waals surface area contributed by atoms with Gasteiger partial charge in [-0.1, -0.05) is 12.1 Å². The molecule has 0 saturated heterocycles. The van der Waals surface area contributed by atoms with E-state index in [1.807, 2.05) is 6.07 Å². The average molecular weight is 347 g/mol. The number of methoxy groups -OCH3 is 1. The fourth-order valence-corrected chi connectivity index (χ4v) is 2.78. The molecule has 6 heteroatoms. The highest BCUT2D eigenvalue weighted by Crippen LogP contribution is 2.23. The number of ether oxygens (including phenoxy) is 1. The molecule has 126 valence electrons. The maximum Gasteiger partial charge on any atom is 0.234 e. The standard InChI is InChI=1S/C18H18FNO3S/c1-12-9-13(7-8-14(12)19)16(21)10-24-11-18(22)20-15-5-3-4-6-17(15)23-2/h3-9H,10-11H2,1-2H3,(H,20,22). The fraction of sp³-hybridized carbons (Fsp3) is 0.222. The molecule has 0 fully saturated rings. The van der Waals surface area contributed by atoms with Crippen molar-refractivity contribution in [1.29, 1.82) is 0 Å². The lowest BCUT2D eigenvalue weighted by atomic mass is 10.1. The molecule has 2 aromatic rings. The monoisotopic (exact) mass is 347 g/mol. The number of nitrogens with one attached hydrogen (secondary N) is 1. The Morgan fingerprint density at radius 2 is 1.92 bits per heavy atom. The number of anilines is 1. The highest BCUT2D eigenvalue weighted by atomic mass is 32.2. The zero-order valence-electron chi connectivity index (χ0n) is 13.5. The number of carbonyl (C=O) groups excluding carboxylic acids is 2. The van der Waals surface area contributed by atoms with E-state index in [1.54, 1.807) is 25.1 Å². The van der Waals surface area contributed by atoms with Crippen molar-refractivity contribution in [2.75, 3.05) is 23.9 Å². The molecule has 1 amide bonds. The Kier molecular flexibility index (Phi) is 6.37. The first-order valence-electron chi connectivity index (χ1n) is 7.31. The van der Waals surface area contributed by atoms with E-state index in [2.05, 4.69) is 5.32 Å². The molecule has 0 heterocycles. The van der Waals surface area contributed by atoms with Gasteiger partial charge < -0.3 is 10.1 Å². The van der Waals surface area contributed by atoms with Gasteiger partial charge in [0.2, 0.25) is 5.91 Å². The van der Waals surface area contributed by atoms with Crippen molar-refractivity contribution < 1.29 is 18.7 Å². The number of ketones is 1. The minimum Gasteiger partial charge on any atom is -0.495 e. The Morgan fingerprint density at radius 1 is 1.17 bits per heavy atom. The summed E-state index contributed by atoms with van der Waals surface area (Å²) in [5, 5.41) is 2.75. The molecule has 0 unspecified atom stereocenters. The number of Topliss-reactive ketones (excluding diaryl/α,β-unsaturated/α-hetero) is 1. The minimum atomic E-state index is -0.338. The van der Waals surface area contributed by atoms with E-state index in [0.717, 1.165) is 0 Å². The lowest BCUT2D eigenvalue weighted by molar-refractivity contribution is -0.113. The highest BCUT2D eigenvalue weighted by Gasteiger charge is 2.11. The molecule has 0 aliphatic heterocycles. The molecule has 0 spiro atoms. The maximum absolute atomic E-state index is 13.2. The summed E-state index contributed by atoms with van der Waals surface area (Å²) in [5.41, 5.74) is 1.47. The number of benzene rings is 2. The van der Waals surface area contributed by atoms with E-state index < -0.39 is 0 Å². The number of aryl methyl sites for hydroxylation is 1. The number of hydrogen-bond acceptors (Lipinski definition) is 4. The number of amides is 1. The van der Waals surface area contributed by atoms with Crippen LogP contribution in [-0.2, 0) is 4.79 Å². The smallest absolute Gasteiger partial charge is 0.234 e. The first-order valence-corrected chi connectivity index (χ1v) is 8.46. The van der Waals surface area contributed by atoms with Crippen molar-refractivity contribution >= 4 is 29.1 Å². The van der Waals surface area contributed by atoms with Gasteiger partial charge in [-0.25, -0.2) is 4.39 Å². The Hall–Kier alpha value is -2.34. The molecule has 0 radical (unpaired) electrons. The summed E-state index contributed by atoms with van der Waals surface area (Å²) in [6, 6.07) is 11.4. The Bertz CT molecular complexity index is 749. The molecule has 1 N–H and O–H groups in total. The summed E-state index contributed by atoms with van der Waals surface area (Å²) in [4.78, 5) is 24.0. The summed E-state index contributed by atoms with van der Waals surface area (Å²) in [7, 11) is 1.53. The predicted octanol–water partition coefficient (Wildman–Crippen LogP) is 3.70. The van der Waals surface area contributed by atoms with Crippen molar-refractivity contribution in [1.82, 2.24) is 0 Å². The maximum atomic E-state index is 13.2. The topological polar surface area (TPSA) is 55.4 Å². The quantitative estimate of drug-likeness (QED) is 0.776. The minimum absolute atomic E-state index is 0.131. The van der Waals surface area contributed by atoms with Crippen LogP contribution in [0, 0.1) is 12.7 Å². The zero-order valence-corrected chi connectivity index (χ0v) is 14.3. The Balaban J connectivity index is 1.84. The molecule has 2 aromatic carbocycles. The van der Waals surface area contributed by atoms with Gasteiger partial charge in [0.25, 0.3) is 0 Å². The van der Waals surface area contributed by atoms with Crippen LogP contribution >= 0.6 is 11.8 Å².